The minimum Gasteiger partial charge on any atom is -0.378 e. The molecule has 2 aromatic rings. The summed E-state index contributed by atoms with van der Waals surface area (Å²) in [4.78, 5) is 0. The number of halogens is 3. The van der Waals surface area contributed by atoms with Crippen molar-refractivity contribution >= 4 is 49.1 Å². The van der Waals surface area contributed by atoms with Crippen molar-refractivity contribution in [3.63, 3.8) is 0 Å². The number of benzene rings is 1. The van der Waals surface area contributed by atoms with E-state index in [-0.39, 0.29) is 0 Å². The minimum absolute atomic E-state index is 0.634. The van der Waals surface area contributed by atoms with Crippen molar-refractivity contribution < 1.29 is 0 Å². The lowest BCUT2D eigenvalue weighted by molar-refractivity contribution is 0.623. The Morgan fingerprint density at radius 1 is 1.32 bits per heavy atom. The number of nitrogens with zero attached hydrogens (tertiary/aromatic N) is 2. The molecule has 3 nitrogen and oxygen atoms in total. The fourth-order valence-corrected chi connectivity index (χ4v) is 3.36. The number of rotatable bonds is 4. The summed E-state index contributed by atoms with van der Waals surface area (Å²) in [6.07, 6.45) is 0. The molecule has 0 aliphatic heterocycles. The third-order valence-corrected chi connectivity index (χ3v) is 4.66. The highest BCUT2D eigenvalue weighted by molar-refractivity contribution is 9.11. The zero-order chi connectivity index (χ0) is 14.0. The van der Waals surface area contributed by atoms with Gasteiger partial charge in [0.1, 0.15) is 0 Å². The van der Waals surface area contributed by atoms with Crippen LogP contribution >= 0.6 is 43.5 Å². The number of para-hydroxylation sites is 1. The lowest BCUT2D eigenvalue weighted by Gasteiger charge is -2.12. The Hall–Kier alpha value is -0.520. The Morgan fingerprint density at radius 3 is 2.53 bits per heavy atom. The molecule has 0 amide bonds. The van der Waals surface area contributed by atoms with Crippen molar-refractivity contribution in [1.82, 2.24) is 9.78 Å². The second kappa shape index (κ2) is 6.29. The number of anilines is 1. The molecular formula is C13H14Br2ClN3. The smallest absolute Gasteiger partial charge is 0.0865 e. The molecule has 0 bridgehead atoms. The summed E-state index contributed by atoms with van der Waals surface area (Å²) in [6.45, 7) is 5.42. The van der Waals surface area contributed by atoms with Crippen LogP contribution in [0, 0.1) is 6.92 Å². The molecule has 6 heteroatoms. The van der Waals surface area contributed by atoms with E-state index in [1.165, 1.54) is 0 Å². The Labute approximate surface area is 134 Å². The van der Waals surface area contributed by atoms with E-state index in [0.717, 1.165) is 37.6 Å². The predicted molar refractivity (Wildman–Crippen MR) is 86.8 cm³/mol. The van der Waals surface area contributed by atoms with Gasteiger partial charge in [0.25, 0.3) is 0 Å². The number of nitrogens with one attached hydrogen (secondary N) is 1. The quantitative estimate of drug-likeness (QED) is 0.773. The first-order chi connectivity index (χ1) is 9.04. The first-order valence-electron chi connectivity index (χ1n) is 5.94. The average molecular weight is 408 g/mol. The second-order valence-electron chi connectivity index (χ2n) is 4.11. The average Bonchev–Trinajstić information content (AvgIpc) is 2.65. The molecule has 1 aromatic heterocycles. The van der Waals surface area contributed by atoms with Crippen LogP contribution in [0.15, 0.2) is 27.1 Å². The summed E-state index contributed by atoms with van der Waals surface area (Å²) < 4.78 is 3.95. The van der Waals surface area contributed by atoms with Gasteiger partial charge < -0.3 is 5.32 Å². The van der Waals surface area contributed by atoms with Gasteiger partial charge in [-0.1, -0.05) is 17.7 Å². The maximum Gasteiger partial charge on any atom is 0.0865 e. The largest absolute Gasteiger partial charge is 0.378 e. The van der Waals surface area contributed by atoms with E-state index >= 15 is 0 Å². The highest BCUT2D eigenvalue weighted by Crippen LogP contribution is 2.31. The molecule has 1 N–H and O–H groups in total. The molecule has 0 fully saturated rings. The molecule has 0 radical (unpaired) electrons. The van der Waals surface area contributed by atoms with Gasteiger partial charge in [0.2, 0.25) is 0 Å². The minimum atomic E-state index is 0.634. The summed E-state index contributed by atoms with van der Waals surface area (Å²) in [7, 11) is 0. The molecule has 102 valence electrons. The fraction of sp³-hybridized carbons (Fsp3) is 0.308. The van der Waals surface area contributed by atoms with E-state index in [4.69, 9.17) is 11.6 Å². The summed E-state index contributed by atoms with van der Waals surface area (Å²) in [5.41, 5.74) is 2.89. The molecule has 0 saturated heterocycles. The van der Waals surface area contributed by atoms with E-state index in [1.807, 2.05) is 29.8 Å². The van der Waals surface area contributed by atoms with Crippen LogP contribution < -0.4 is 5.32 Å². The fourth-order valence-electron chi connectivity index (χ4n) is 1.88. The first kappa shape index (κ1) is 14.9. The van der Waals surface area contributed by atoms with Crippen LogP contribution in [-0.2, 0) is 13.1 Å². The Balaban J connectivity index is 2.24. The van der Waals surface area contributed by atoms with Gasteiger partial charge in [-0.25, -0.2) is 0 Å². The molecular weight excluding hydrogens is 393 g/mol. The van der Waals surface area contributed by atoms with Crippen molar-refractivity contribution in [3.8, 4) is 0 Å². The van der Waals surface area contributed by atoms with E-state index in [2.05, 4.69) is 49.2 Å². The standard InChI is InChI=1S/C13H14Br2ClN3/c1-3-19-11(12(16)8(2)18-19)7-17-13-9(14)5-4-6-10(13)15/h4-6,17H,3,7H2,1-2H3. The molecule has 19 heavy (non-hydrogen) atoms. The van der Waals surface area contributed by atoms with Gasteiger partial charge in [-0.15, -0.1) is 0 Å². The van der Waals surface area contributed by atoms with Crippen LogP contribution in [0.25, 0.3) is 0 Å². The third-order valence-electron chi connectivity index (χ3n) is 2.85. The predicted octanol–water partition coefficient (Wildman–Crippen LogP) is 5.00. The number of aryl methyl sites for hydroxylation is 2. The van der Waals surface area contributed by atoms with E-state index in [0.29, 0.717) is 6.54 Å². The van der Waals surface area contributed by atoms with Crippen LogP contribution in [-0.4, -0.2) is 9.78 Å². The summed E-state index contributed by atoms with van der Waals surface area (Å²) in [5, 5.41) is 8.53. The first-order valence-corrected chi connectivity index (χ1v) is 7.90. The molecule has 0 aliphatic rings. The van der Waals surface area contributed by atoms with Crippen LogP contribution in [0.5, 0.6) is 0 Å². The van der Waals surface area contributed by atoms with Crippen molar-refractivity contribution in [3.05, 3.63) is 43.6 Å². The zero-order valence-corrected chi connectivity index (χ0v) is 14.6. The molecule has 0 unspecified atom stereocenters. The number of aromatic nitrogens is 2. The van der Waals surface area contributed by atoms with Crippen molar-refractivity contribution in [2.24, 2.45) is 0 Å². The van der Waals surface area contributed by atoms with Gasteiger partial charge in [0.15, 0.2) is 0 Å². The summed E-state index contributed by atoms with van der Waals surface area (Å²) in [5.74, 6) is 0. The van der Waals surface area contributed by atoms with Gasteiger partial charge in [0, 0.05) is 15.5 Å². The lowest BCUT2D eigenvalue weighted by atomic mass is 10.3. The van der Waals surface area contributed by atoms with Gasteiger partial charge >= 0.3 is 0 Å². The van der Waals surface area contributed by atoms with Crippen molar-refractivity contribution in [2.75, 3.05) is 5.32 Å². The van der Waals surface area contributed by atoms with E-state index in [9.17, 15) is 0 Å². The van der Waals surface area contributed by atoms with Gasteiger partial charge in [0.05, 0.1) is 28.6 Å². The molecule has 1 aromatic carbocycles. The summed E-state index contributed by atoms with van der Waals surface area (Å²) >= 11 is 13.4. The van der Waals surface area contributed by atoms with E-state index in [1.54, 1.807) is 0 Å². The zero-order valence-electron chi connectivity index (χ0n) is 10.7. The van der Waals surface area contributed by atoms with Crippen LogP contribution in [0.1, 0.15) is 18.3 Å². The lowest BCUT2D eigenvalue weighted by Crippen LogP contribution is -2.09. The Morgan fingerprint density at radius 2 is 1.95 bits per heavy atom. The van der Waals surface area contributed by atoms with Crippen molar-refractivity contribution in [1.29, 1.82) is 0 Å². The molecule has 2 rings (SSSR count). The monoisotopic (exact) mass is 405 g/mol. The second-order valence-corrected chi connectivity index (χ2v) is 6.20. The summed E-state index contributed by atoms with van der Waals surface area (Å²) in [6, 6.07) is 5.97. The van der Waals surface area contributed by atoms with Crippen LogP contribution in [0.2, 0.25) is 5.02 Å². The van der Waals surface area contributed by atoms with Crippen LogP contribution in [0.3, 0.4) is 0 Å². The number of hydrogen-bond acceptors (Lipinski definition) is 2. The normalized spacial score (nSPS) is 10.8. The van der Waals surface area contributed by atoms with Gasteiger partial charge in [-0.3, -0.25) is 4.68 Å². The maximum absolute atomic E-state index is 6.29. The molecule has 1 heterocycles. The number of hydrogen-bond donors (Lipinski definition) is 1. The molecule has 0 spiro atoms. The van der Waals surface area contributed by atoms with Crippen molar-refractivity contribution in [2.45, 2.75) is 26.9 Å². The van der Waals surface area contributed by atoms with Gasteiger partial charge in [-0.2, -0.15) is 5.10 Å². The van der Waals surface area contributed by atoms with E-state index < -0.39 is 0 Å². The SMILES string of the molecule is CCn1nc(C)c(Cl)c1CNc1c(Br)cccc1Br. The topological polar surface area (TPSA) is 29.9 Å². The highest BCUT2D eigenvalue weighted by Gasteiger charge is 2.13. The third kappa shape index (κ3) is 3.15. The molecule has 0 aliphatic carbocycles. The van der Waals surface area contributed by atoms with Crippen LogP contribution in [0.4, 0.5) is 5.69 Å². The Kier molecular flexibility index (Phi) is 4.92. The molecule has 0 atom stereocenters. The Bertz CT molecular complexity index is 576. The maximum atomic E-state index is 6.29. The molecule has 0 saturated carbocycles. The highest BCUT2D eigenvalue weighted by atomic mass is 79.9. The van der Waals surface area contributed by atoms with Gasteiger partial charge in [-0.05, 0) is 57.8 Å².